The molecule has 1 rings (SSSR count). The summed E-state index contributed by atoms with van der Waals surface area (Å²) >= 11 is 6.61. The third-order valence-electron chi connectivity index (χ3n) is 1.90. The maximum atomic E-state index is 9.68. The maximum absolute atomic E-state index is 9.68. The van der Waals surface area contributed by atoms with Gasteiger partial charge in [0, 0.05) is 16.1 Å². The van der Waals surface area contributed by atoms with Crippen LogP contribution in [0, 0.1) is 0 Å². The Balaban J connectivity index is 3.20. The van der Waals surface area contributed by atoms with Crippen LogP contribution in [-0.2, 0) is 0 Å². The van der Waals surface area contributed by atoms with Crippen molar-refractivity contribution in [2.24, 2.45) is 5.73 Å². The number of hydrogen-bond donors (Lipinski definition) is 2. The zero-order valence-electron chi connectivity index (χ0n) is 7.22. The summed E-state index contributed by atoms with van der Waals surface area (Å²) in [6.07, 6.45) is 0.802. The number of halogens is 2. The Morgan fingerprint density at radius 1 is 1.46 bits per heavy atom. The van der Waals surface area contributed by atoms with Crippen LogP contribution in [0.3, 0.4) is 0 Å². The second kappa shape index (κ2) is 4.44. The molecule has 4 heteroatoms. The average molecular weight is 309 g/mol. The summed E-state index contributed by atoms with van der Waals surface area (Å²) in [4.78, 5) is 0. The van der Waals surface area contributed by atoms with Gasteiger partial charge in [0.05, 0.1) is 4.47 Å². The molecule has 0 saturated carbocycles. The highest BCUT2D eigenvalue weighted by Crippen LogP contribution is 2.35. The van der Waals surface area contributed by atoms with Crippen LogP contribution in [0.5, 0.6) is 5.75 Å². The smallest absolute Gasteiger partial charge is 0.134 e. The number of benzene rings is 1. The highest BCUT2D eigenvalue weighted by Gasteiger charge is 2.12. The van der Waals surface area contributed by atoms with Gasteiger partial charge in [-0.05, 0) is 34.5 Å². The number of phenols is 1. The third kappa shape index (κ3) is 2.45. The molecule has 0 aliphatic heterocycles. The Bertz CT molecular complexity index is 315. The van der Waals surface area contributed by atoms with E-state index in [4.69, 9.17) is 5.73 Å². The van der Waals surface area contributed by atoms with Gasteiger partial charge in [-0.25, -0.2) is 0 Å². The number of aromatic hydroxyl groups is 1. The Labute approximate surface area is 94.4 Å². The first-order valence-corrected chi connectivity index (χ1v) is 5.58. The molecular formula is C9H11Br2NO. The molecule has 1 atom stereocenters. The Hall–Kier alpha value is -0.0600. The highest BCUT2D eigenvalue weighted by molar-refractivity contribution is 9.11. The van der Waals surface area contributed by atoms with Gasteiger partial charge in [-0.15, -0.1) is 0 Å². The molecule has 1 aromatic carbocycles. The minimum Gasteiger partial charge on any atom is -0.506 e. The number of hydrogen-bond acceptors (Lipinski definition) is 2. The van der Waals surface area contributed by atoms with Crippen LogP contribution in [0.25, 0.3) is 0 Å². The summed E-state index contributed by atoms with van der Waals surface area (Å²) < 4.78 is 1.58. The minimum atomic E-state index is -0.117. The van der Waals surface area contributed by atoms with Crippen molar-refractivity contribution in [3.05, 3.63) is 26.6 Å². The molecule has 13 heavy (non-hydrogen) atoms. The van der Waals surface area contributed by atoms with Crippen molar-refractivity contribution in [3.63, 3.8) is 0 Å². The molecule has 1 aromatic rings. The van der Waals surface area contributed by atoms with Gasteiger partial charge in [0.15, 0.2) is 0 Å². The fourth-order valence-corrected chi connectivity index (χ4v) is 2.35. The third-order valence-corrected chi connectivity index (χ3v) is 2.96. The van der Waals surface area contributed by atoms with E-state index < -0.39 is 0 Å². The second-order valence-electron chi connectivity index (χ2n) is 2.84. The number of phenolic OH excluding ortho intramolecular Hbond substituents is 1. The van der Waals surface area contributed by atoms with Crippen LogP contribution in [-0.4, -0.2) is 5.11 Å². The van der Waals surface area contributed by atoms with Crippen molar-refractivity contribution in [2.75, 3.05) is 0 Å². The van der Waals surface area contributed by atoms with E-state index in [9.17, 15) is 5.11 Å². The van der Waals surface area contributed by atoms with Gasteiger partial charge in [-0.3, -0.25) is 0 Å². The van der Waals surface area contributed by atoms with Gasteiger partial charge in [0.1, 0.15) is 5.75 Å². The van der Waals surface area contributed by atoms with Crippen molar-refractivity contribution in [1.29, 1.82) is 0 Å². The van der Waals surface area contributed by atoms with Gasteiger partial charge in [0.25, 0.3) is 0 Å². The molecule has 2 nitrogen and oxygen atoms in total. The predicted octanol–water partition coefficient (Wildman–Crippen LogP) is 3.33. The molecule has 0 radical (unpaired) electrons. The summed E-state index contributed by atoms with van der Waals surface area (Å²) in [6, 6.07) is 3.52. The lowest BCUT2D eigenvalue weighted by Gasteiger charge is -2.12. The molecule has 0 aromatic heterocycles. The van der Waals surface area contributed by atoms with Crippen molar-refractivity contribution >= 4 is 31.9 Å². The van der Waals surface area contributed by atoms with Crippen molar-refractivity contribution in [1.82, 2.24) is 0 Å². The van der Waals surface area contributed by atoms with Crippen LogP contribution < -0.4 is 5.73 Å². The molecule has 0 fully saturated rings. The fraction of sp³-hybridized carbons (Fsp3) is 0.333. The van der Waals surface area contributed by atoms with E-state index in [1.807, 2.05) is 13.0 Å². The number of rotatable bonds is 2. The summed E-state index contributed by atoms with van der Waals surface area (Å²) in [7, 11) is 0. The standard InChI is InChI=1S/C9H11Br2NO/c1-2-8(12)6-3-5(10)4-7(11)9(6)13/h3-4,8,13H,2,12H2,1H3/t8-/m1/s1. The topological polar surface area (TPSA) is 46.2 Å². The van der Waals surface area contributed by atoms with Crippen LogP contribution in [0.15, 0.2) is 21.1 Å². The molecule has 0 saturated heterocycles. The normalized spacial score (nSPS) is 12.9. The largest absolute Gasteiger partial charge is 0.506 e. The minimum absolute atomic E-state index is 0.117. The van der Waals surface area contributed by atoms with Crippen molar-refractivity contribution in [2.45, 2.75) is 19.4 Å². The first-order valence-electron chi connectivity index (χ1n) is 3.99. The van der Waals surface area contributed by atoms with Gasteiger partial charge in [-0.1, -0.05) is 22.9 Å². The van der Waals surface area contributed by atoms with Crippen molar-refractivity contribution < 1.29 is 5.11 Å². The Kier molecular flexibility index (Phi) is 3.76. The molecule has 0 aliphatic rings. The van der Waals surface area contributed by atoms with Gasteiger partial charge < -0.3 is 10.8 Å². The molecular weight excluding hydrogens is 298 g/mol. The molecule has 0 heterocycles. The quantitative estimate of drug-likeness (QED) is 0.880. The second-order valence-corrected chi connectivity index (χ2v) is 4.61. The Morgan fingerprint density at radius 3 is 2.62 bits per heavy atom. The molecule has 0 bridgehead atoms. The summed E-state index contributed by atoms with van der Waals surface area (Å²) in [5.41, 5.74) is 6.60. The highest BCUT2D eigenvalue weighted by atomic mass is 79.9. The maximum Gasteiger partial charge on any atom is 0.134 e. The molecule has 72 valence electrons. The van der Waals surface area contributed by atoms with Crippen LogP contribution in [0.2, 0.25) is 0 Å². The van der Waals surface area contributed by atoms with Crippen LogP contribution >= 0.6 is 31.9 Å². The van der Waals surface area contributed by atoms with E-state index in [1.165, 1.54) is 0 Å². The summed E-state index contributed by atoms with van der Waals surface area (Å²) in [5, 5.41) is 9.68. The lowest BCUT2D eigenvalue weighted by Crippen LogP contribution is -2.08. The van der Waals surface area contributed by atoms with E-state index in [0.717, 1.165) is 16.5 Å². The zero-order chi connectivity index (χ0) is 10.0. The average Bonchev–Trinajstić information content (AvgIpc) is 2.10. The van der Waals surface area contributed by atoms with E-state index >= 15 is 0 Å². The molecule has 0 aliphatic carbocycles. The monoisotopic (exact) mass is 307 g/mol. The van der Waals surface area contributed by atoms with E-state index in [-0.39, 0.29) is 11.8 Å². The number of nitrogens with two attached hydrogens (primary N) is 1. The molecule has 0 spiro atoms. The molecule has 0 unspecified atom stereocenters. The van der Waals surface area contributed by atoms with E-state index in [0.29, 0.717) is 4.47 Å². The predicted molar refractivity (Wildman–Crippen MR) is 60.7 cm³/mol. The lowest BCUT2D eigenvalue weighted by molar-refractivity contribution is 0.456. The van der Waals surface area contributed by atoms with Crippen LogP contribution in [0.1, 0.15) is 24.9 Å². The zero-order valence-corrected chi connectivity index (χ0v) is 10.4. The lowest BCUT2D eigenvalue weighted by atomic mass is 10.0. The van der Waals surface area contributed by atoms with E-state index in [2.05, 4.69) is 31.9 Å². The summed E-state index contributed by atoms with van der Waals surface area (Å²) in [6.45, 7) is 1.99. The SMILES string of the molecule is CC[C@@H](N)c1cc(Br)cc(Br)c1O. The fourth-order valence-electron chi connectivity index (χ4n) is 1.09. The van der Waals surface area contributed by atoms with Crippen molar-refractivity contribution in [3.8, 4) is 5.75 Å². The first kappa shape index (κ1) is 11.0. The van der Waals surface area contributed by atoms with E-state index in [1.54, 1.807) is 6.07 Å². The van der Waals surface area contributed by atoms with Gasteiger partial charge in [0.2, 0.25) is 0 Å². The Morgan fingerprint density at radius 2 is 2.08 bits per heavy atom. The van der Waals surface area contributed by atoms with Gasteiger partial charge >= 0.3 is 0 Å². The molecule has 3 N–H and O–H groups in total. The van der Waals surface area contributed by atoms with Crippen LogP contribution in [0.4, 0.5) is 0 Å². The van der Waals surface area contributed by atoms with Gasteiger partial charge in [-0.2, -0.15) is 0 Å². The first-order chi connectivity index (χ1) is 6.06. The summed E-state index contributed by atoms with van der Waals surface area (Å²) in [5.74, 6) is 0.234. The molecule has 0 amide bonds.